The number of carbonyl (C=O) groups excluding carboxylic acids is 4. The minimum absolute atomic E-state index is 0. The first kappa shape index (κ1) is 44.4. The number of urea groups is 1. The van der Waals surface area contributed by atoms with Crippen molar-refractivity contribution in [3.8, 4) is 0 Å². The molecule has 1 aliphatic rings. The van der Waals surface area contributed by atoms with Crippen LogP contribution in [0.3, 0.4) is 0 Å². The predicted octanol–water partition coefficient (Wildman–Crippen LogP) is 8.53. The van der Waals surface area contributed by atoms with Gasteiger partial charge >= 0.3 is 18.1 Å². The molecule has 5 aromatic rings. The summed E-state index contributed by atoms with van der Waals surface area (Å²) in [5.74, 6) is 0.106. The number of imidazole rings is 1. The van der Waals surface area contributed by atoms with Gasteiger partial charge in [-0.3, -0.25) is 4.79 Å². The number of nitrogens with zero attached hydrogens (tertiary/aromatic N) is 2. The zero-order chi connectivity index (χ0) is 43.4. The van der Waals surface area contributed by atoms with Crippen LogP contribution in [0.25, 0.3) is 10.9 Å². The third-order valence-corrected chi connectivity index (χ3v) is 11.2. The summed E-state index contributed by atoms with van der Waals surface area (Å²) >= 11 is 0. The second kappa shape index (κ2) is 20.4. The third kappa shape index (κ3) is 12.7. The molecule has 3 aromatic carbocycles. The van der Waals surface area contributed by atoms with Crippen molar-refractivity contribution in [2.24, 2.45) is 5.92 Å². The van der Waals surface area contributed by atoms with Gasteiger partial charge in [0.25, 0.3) is 0 Å². The number of unbranched alkanes of at least 4 members (excludes halogenated alkanes) is 1. The van der Waals surface area contributed by atoms with Crippen LogP contribution < -0.4 is 16.0 Å². The van der Waals surface area contributed by atoms with Gasteiger partial charge in [-0.1, -0.05) is 78.9 Å². The van der Waals surface area contributed by atoms with E-state index < -0.39 is 41.1 Å². The Kier molecular flexibility index (Phi) is 14.9. The normalized spacial score (nSPS) is 14.5. The standard InChI is InChI=1S/C48H61N7O6.2H2/c1-47(2,3)61-43(56)39(22-14-15-25-49-46(59)60-32-35-18-10-7-11-19-35)52-44(57)48(4,5)41-31-51-42(54-41)40(29-36-30-50-38-21-13-12-20-37(36)38)53-45(58)55-26-23-34(24-27-55)28-33-16-8-6-9-17-33;;/h6-13,16-21,30-31,34,39-40,50H,14-15,22-29,32H2,1-5H3,(H,49,59)(H,51,54)(H,52,57)(H,53,58);2*1H/t39-,40-;;/m1../s1. The van der Waals surface area contributed by atoms with Gasteiger partial charge in [0.1, 0.15) is 24.1 Å². The van der Waals surface area contributed by atoms with Crippen molar-refractivity contribution in [1.82, 2.24) is 35.8 Å². The fourth-order valence-corrected chi connectivity index (χ4v) is 7.62. The van der Waals surface area contributed by atoms with E-state index >= 15 is 0 Å². The molecule has 2 aromatic heterocycles. The number of alkyl carbamates (subject to hydrolysis) is 1. The lowest BCUT2D eigenvalue weighted by Crippen LogP contribution is -2.50. The van der Waals surface area contributed by atoms with E-state index in [1.807, 2.05) is 65.7 Å². The van der Waals surface area contributed by atoms with E-state index in [0.29, 0.717) is 62.8 Å². The van der Waals surface area contributed by atoms with Crippen LogP contribution in [0.5, 0.6) is 0 Å². The van der Waals surface area contributed by atoms with E-state index in [1.54, 1.807) is 40.8 Å². The van der Waals surface area contributed by atoms with Crippen molar-refractivity contribution in [1.29, 1.82) is 0 Å². The number of esters is 1. The molecule has 0 saturated carbocycles. The molecule has 0 aliphatic carbocycles. The first-order valence-corrected chi connectivity index (χ1v) is 21.4. The lowest BCUT2D eigenvalue weighted by Gasteiger charge is -2.33. The van der Waals surface area contributed by atoms with Gasteiger partial charge in [0, 0.05) is 57.9 Å². The van der Waals surface area contributed by atoms with Crippen LogP contribution >= 0.6 is 0 Å². The molecule has 1 saturated heterocycles. The number of para-hydroxylation sites is 1. The molecular weight excluding hydrogens is 771 g/mol. The second-order valence-electron chi connectivity index (χ2n) is 17.5. The number of benzene rings is 3. The number of H-pyrrole nitrogens is 2. The van der Waals surface area contributed by atoms with Crippen LogP contribution in [-0.4, -0.2) is 75.1 Å². The molecule has 13 heteroatoms. The fourth-order valence-electron chi connectivity index (χ4n) is 7.62. The molecular formula is C48H65N7O6. The van der Waals surface area contributed by atoms with E-state index in [1.165, 1.54) is 5.56 Å². The Morgan fingerprint density at radius 2 is 1.54 bits per heavy atom. The number of ether oxygens (including phenoxy) is 2. The van der Waals surface area contributed by atoms with Gasteiger partial charge < -0.3 is 40.3 Å². The summed E-state index contributed by atoms with van der Waals surface area (Å²) < 4.78 is 11.0. The Morgan fingerprint density at radius 1 is 0.869 bits per heavy atom. The van der Waals surface area contributed by atoms with Crippen LogP contribution in [0.2, 0.25) is 0 Å². The Bertz CT molecular complexity index is 2220. The molecule has 0 spiro atoms. The third-order valence-electron chi connectivity index (χ3n) is 11.2. The Hall–Kier alpha value is -6.11. The Balaban J connectivity index is 0.00000436. The smallest absolute Gasteiger partial charge is 0.407 e. The topological polar surface area (TPSA) is 171 Å². The number of hydrogen-bond donors (Lipinski definition) is 5. The molecule has 4 amide bonds. The van der Waals surface area contributed by atoms with Crippen LogP contribution in [0.15, 0.2) is 97.3 Å². The summed E-state index contributed by atoms with van der Waals surface area (Å²) in [7, 11) is 0. The van der Waals surface area contributed by atoms with E-state index in [9.17, 15) is 19.2 Å². The molecule has 328 valence electrons. The number of likely N-dealkylation sites (tertiary alicyclic amines) is 1. The molecule has 0 radical (unpaired) electrons. The van der Waals surface area contributed by atoms with Crippen LogP contribution in [0.4, 0.5) is 9.59 Å². The minimum Gasteiger partial charge on any atom is -0.458 e. The maximum atomic E-state index is 14.1. The van der Waals surface area contributed by atoms with Gasteiger partial charge in [-0.05, 0) is 102 Å². The molecule has 0 bridgehead atoms. The minimum atomic E-state index is -1.15. The largest absolute Gasteiger partial charge is 0.458 e. The summed E-state index contributed by atoms with van der Waals surface area (Å²) in [6, 6.07) is 26.3. The SMILES string of the molecule is CC(C)(C)OC(=O)[C@@H](CCCCNC(=O)OCc1ccccc1)NC(=O)C(C)(C)c1cnc([C@@H](Cc2c[nH]c3ccccc23)NC(=O)N2CCC(Cc3ccccc3)CC2)[nH]1.[HH].[HH]. The molecule has 2 atom stereocenters. The number of rotatable bonds is 17. The summed E-state index contributed by atoms with van der Waals surface area (Å²) in [6.07, 6.45) is 7.76. The molecule has 6 rings (SSSR count). The maximum absolute atomic E-state index is 14.1. The van der Waals surface area contributed by atoms with E-state index in [-0.39, 0.29) is 15.5 Å². The van der Waals surface area contributed by atoms with E-state index in [2.05, 4.69) is 56.3 Å². The highest BCUT2D eigenvalue weighted by Gasteiger charge is 2.37. The Labute approximate surface area is 361 Å². The monoisotopic (exact) mass is 835 g/mol. The summed E-state index contributed by atoms with van der Waals surface area (Å²) in [5.41, 5.74) is 2.85. The molecule has 0 unspecified atom stereocenters. The second-order valence-corrected chi connectivity index (χ2v) is 17.5. The summed E-state index contributed by atoms with van der Waals surface area (Å²) in [4.78, 5) is 67.0. The van der Waals surface area contributed by atoms with Crippen LogP contribution in [0, 0.1) is 5.92 Å². The zero-order valence-electron chi connectivity index (χ0n) is 36.1. The van der Waals surface area contributed by atoms with E-state index in [0.717, 1.165) is 41.3 Å². The van der Waals surface area contributed by atoms with Gasteiger partial charge in [0.2, 0.25) is 5.91 Å². The first-order valence-electron chi connectivity index (χ1n) is 21.4. The van der Waals surface area contributed by atoms with Crippen molar-refractivity contribution in [2.75, 3.05) is 19.6 Å². The van der Waals surface area contributed by atoms with Gasteiger partial charge in [-0.25, -0.2) is 19.4 Å². The van der Waals surface area contributed by atoms with Crippen molar-refractivity contribution in [2.45, 2.75) is 109 Å². The number of fused-ring (bicyclic) bond motifs is 1. The molecule has 5 N–H and O–H groups in total. The lowest BCUT2D eigenvalue weighted by molar-refractivity contribution is -0.159. The average Bonchev–Trinajstić information content (AvgIpc) is 3.91. The highest BCUT2D eigenvalue weighted by atomic mass is 16.6. The average molecular weight is 836 g/mol. The number of aromatic nitrogens is 3. The van der Waals surface area contributed by atoms with Gasteiger partial charge in [0.15, 0.2) is 0 Å². The number of aromatic amines is 2. The number of nitrogens with one attached hydrogen (secondary N) is 5. The fraction of sp³-hybridized carbons (Fsp3) is 0.438. The molecule has 3 heterocycles. The quantitative estimate of drug-likeness (QED) is 0.0462. The molecule has 1 aliphatic heterocycles. The van der Waals surface area contributed by atoms with E-state index in [4.69, 9.17) is 14.5 Å². The summed E-state index contributed by atoms with van der Waals surface area (Å²) in [6.45, 7) is 10.7. The molecule has 13 nitrogen and oxygen atoms in total. The number of hydrogen-bond acceptors (Lipinski definition) is 7. The number of amides is 4. The molecule has 61 heavy (non-hydrogen) atoms. The summed E-state index contributed by atoms with van der Waals surface area (Å²) in [5, 5.41) is 10.0. The lowest BCUT2D eigenvalue weighted by atomic mass is 9.88. The van der Waals surface area contributed by atoms with Crippen molar-refractivity contribution in [3.05, 3.63) is 126 Å². The Morgan fingerprint density at radius 3 is 2.25 bits per heavy atom. The predicted molar refractivity (Wildman–Crippen MR) is 240 cm³/mol. The van der Waals surface area contributed by atoms with Crippen molar-refractivity contribution in [3.63, 3.8) is 0 Å². The number of piperidine rings is 1. The van der Waals surface area contributed by atoms with Crippen molar-refractivity contribution < 1.29 is 31.5 Å². The maximum Gasteiger partial charge on any atom is 0.407 e. The number of carbonyl (C=O) groups is 4. The van der Waals surface area contributed by atoms with Crippen molar-refractivity contribution >= 4 is 34.9 Å². The highest BCUT2D eigenvalue weighted by Crippen LogP contribution is 2.28. The van der Waals surface area contributed by atoms with Crippen LogP contribution in [-0.2, 0) is 43.9 Å². The van der Waals surface area contributed by atoms with Gasteiger partial charge in [0.05, 0.1) is 11.5 Å². The van der Waals surface area contributed by atoms with Crippen LogP contribution in [0.1, 0.15) is 104 Å². The highest BCUT2D eigenvalue weighted by molar-refractivity contribution is 5.91. The van der Waals surface area contributed by atoms with Gasteiger partial charge in [-0.15, -0.1) is 0 Å². The van der Waals surface area contributed by atoms with Gasteiger partial charge in [-0.2, -0.15) is 0 Å². The zero-order valence-corrected chi connectivity index (χ0v) is 36.1. The first-order chi connectivity index (χ1) is 29.2. The molecule has 1 fully saturated rings.